The van der Waals surface area contributed by atoms with Crippen LogP contribution in [0, 0.1) is 6.92 Å². The van der Waals surface area contributed by atoms with Gasteiger partial charge in [-0.1, -0.05) is 29.8 Å². The number of aryl methyl sites for hydroxylation is 1. The van der Waals surface area contributed by atoms with E-state index in [0.29, 0.717) is 12.8 Å². The Bertz CT molecular complexity index is 490. The van der Waals surface area contributed by atoms with E-state index in [2.05, 4.69) is 13.2 Å². The molecule has 1 aromatic rings. The third-order valence-electron chi connectivity index (χ3n) is 2.43. The number of rotatable bonds is 7. The van der Waals surface area contributed by atoms with Crippen molar-refractivity contribution in [1.29, 1.82) is 0 Å². The Hall–Kier alpha value is -1.39. The molecule has 0 spiro atoms. The van der Waals surface area contributed by atoms with Crippen molar-refractivity contribution < 1.29 is 12.6 Å². The Morgan fingerprint density at radius 1 is 1.17 bits per heavy atom. The first kappa shape index (κ1) is 14.7. The lowest BCUT2D eigenvalue weighted by Gasteiger charge is -2.14. The lowest BCUT2D eigenvalue weighted by molar-refractivity contribution is 0.216. The summed E-state index contributed by atoms with van der Waals surface area (Å²) in [7, 11) is -3.72. The minimum Gasteiger partial charge on any atom is -0.262 e. The summed E-state index contributed by atoms with van der Waals surface area (Å²) in [6.07, 6.45) is 3.78. The minimum absolute atomic E-state index is 0.172. The average Bonchev–Trinajstić information content (AvgIpc) is 2.29. The molecule has 0 saturated carbocycles. The van der Waals surface area contributed by atoms with Crippen LogP contribution in [-0.4, -0.2) is 14.5 Å². The smallest absolute Gasteiger partial charge is 0.262 e. The Morgan fingerprint density at radius 2 is 1.67 bits per heavy atom. The Balaban J connectivity index is 2.88. The van der Waals surface area contributed by atoms with E-state index in [4.69, 9.17) is 4.18 Å². The molecular weight excluding hydrogens is 248 g/mol. The molecule has 18 heavy (non-hydrogen) atoms. The molecule has 0 aromatic heterocycles. The van der Waals surface area contributed by atoms with E-state index in [0.717, 1.165) is 5.56 Å². The van der Waals surface area contributed by atoms with Crippen LogP contribution in [0.2, 0.25) is 0 Å². The maximum atomic E-state index is 12.0. The molecule has 1 rings (SSSR count). The first-order chi connectivity index (χ1) is 8.49. The highest BCUT2D eigenvalue weighted by Gasteiger charge is 2.20. The van der Waals surface area contributed by atoms with Gasteiger partial charge in [0.2, 0.25) is 0 Å². The normalized spacial score (nSPS) is 11.4. The van der Waals surface area contributed by atoms with Crippen molar-refractivity contribution in [2.24, 2.45) is 0 Å². The van der Waals surface area contributed by atoms with E-state index in [1.807, 2.05) is 6.92 Å². The Labute approximate surface area is 109 Å². The Morgan fingerprint density at radius 3 is 2.11 bits per heavy atom. The van der Waals surface area contributed by atoms with Crippen LogP contribution >= 0.6 is 0 Å². The molecule has 3 nitrogen and oxygen atoms in total. The van der Waals surface area contributed by atoms with Gasteiger partial charge < -0.3 is 0 Å². The van der Waals surface area contributed by atoms with E-state index < -0.39 is 16.2 Å². The maximum absolute atomic E-state index is 12.0. The second-order valence-corrected chi connectivity index (χ2v) is 5.61. The molecule has 0 bridgehead atoms. The van der Waals surface area contributed by atoms with Crippen LogP contribution in [-0.2, 0) is 14.3 Å². The van der Waals surface area contributed by atoms with Crippen LogP contribution in [0.3, 0.4) is 0 Å². The largest absolute Gasteiger partial charge is 0.297 e. The molecule has 0 heterocycles. The van der Waals surface area contributed by atoms with Crippen LogP contribution in [0.1, 0.15) is 18.4 Å². The average molecular weight is 266 g/mol. The van der Waals surface area contributed by atoms with E-state index in [-0.39, 0.29) is 4.90 Å². The fraction of sp³-hybridized carbons (Fsp3) is 0.286. The first-order valence-electron chi connectivity index (χ1n) is 5.71. The van der Waals surface area contributed by atoms with Crippen LogP contribution in [0.15, 0.2) is 54.5 Å². The van der Waals surface area contributed by atoms with Crippen molar-refractivity contribution in [2.75, 3.05) is 0 Å². The molecule has 0 amide bonds. The third kappa shape index (κ3) is 4.13. The van der Waals surface area contributed by atoms with E-state index in [9.17, 15) is 8.42 Å². The predicted molar refractivity (Wildman–Crippen MR) is 72.9 cm³/mol. The lowest BCUT2D eigenvalue weighted by atomic mass is 10.2. The third-order valence-corrected chi connectivity index (χ3v) is 3.81. The molecule has 0 fully saturated rings. The molecule has 0 aliphatic heterocycles. The molecule has 1 aromatic carbocycles. The molecule has 0 saturated heterocycles. The molecule has 0 aliphatic carbocycles. The summed E-state index contributed by atoms with van der Waals surface area (Å²) in [5.74, 6) is 0. The summed E-state index contributed by atoms with van der Waals surface area (Å²) in [5.41, 5.74) is 1.00. The summed E-state index contributed by atoms with van der Waals surface area (Å²) in [4.78, 5) is 0.172. The Kier molecular flexibility index (Phi) is 5.31. The van der Waals surface area contributed by atoms with E-state index >= 15 is 0 Å². The summed E-state index contributed by atoms with van der Waals surface area (Å²) in [6.45, 7) is 9.07. The number of benzene rings is 1. The van der Waals surface area contributed by atoms with Crippen molar-refractivity contribution in [3.63, 3.8) is 0 Å². The number of hydrogen-bond donors (Lipinski definition) is 0. The van der Waals surface area contributed by atoms with Crippen molar-refractivity contribution >= 4 is 10.1 Å². The highest BCUT2D eigenvalue weighted by molar-refractivity contribution is 7.86. The summed E-state index contributed by atoms with van der Waals surface area (Å²) in [5, 5.41) is 0. The van der Waals surface area contributed by atoms with Gasteiger partial charge in [0, 0.05) is 0 Å². The minimum atomic E-state index is -3.72. The molecule has 0 aliphatic rings. The second-order valence-electron chi connectivity index (χ2n) is 4.03. The second kappa shape index (κ2) is 6.52. The van der Waals surface area contributed by atoms with Gasteiger partial charge in [0.25, 0.3) is 10.1 Å². The van der Waals surface area contributed by atoms with Gasteiger partial charge in [0.05, 0.1) is 11.0 Å². The van der Waals surface area contributed by atoms with Crippen LogP contribution in [0.4, 0.5) is 0 Å². The van der Waals surface area contributed by atoms with Crippen molar-refractivity contribution in [2.45, 2.75) is 30.8 Å². The fourth-order valence-corrected chi connectivity index (χ4v) is 2.58. The van der Waals surface area contributed by atoms with Gasteiger partial charge in [0.15, 0.2) is 0 Å². The highest BCUT2D eigenvalue weighted by atomic mass is 32.2. The fourth-order valence-electron chi connectivity index (χ4n) is 1.49. The molecule has 0 atom stereocenters. The predicted octanol–water partition coefficient (Wildman–Crippen LogP) is 3.22. The van der Waals surface area contributed by atoms with Gasteiger partial charge in [-0.2, -0.15) is 8.42 Å². The van der Waals surface area contributed by atoms with Crippen molar-refractivity contribution in [1.82, 2.24) is 0 Å². The van der Waals surface area contributed by atoms with Gasteiger partial charge in [-0.15, -0.1) is 13.2 Å². The van der Waals surface area contributed by atoms with Gasteiger partial charge >= 0.3 is 0 Å². The van der Waals surface area contributed by atoms with Gasteiger partial charge in [-0.3, -0.25) is 4.18 Å². The molecule has 0 radical (unpaired) electrons. The van der Waals surface area contributed by atoms with Gasteiger partial charge in [-0.25, -0.2) is 0 Å². The van der Waals surface area contributed by atoms with Crippen molar-refractivity contribution in [3.8, 4) is 0 Å². The maximum Gasteiger partial charge on any atom is 0.297 e. The highest BCUT2D eigenvalue weighted by Crippen LogP contribution is 2.18. The van der Waals surface area contributed by atoms with Gasteiger partial charge in [0.1, 0.15) is 0 Å². The monoisotopic (exact) mass is 266 g/mol. The quantitative estimate of drug-likeness (QED) is 0.562. The standard InChI is InChI=1S/C14H18O3S/c1-4-6-13(7-5-2)17-18(15,16)14-10-8-12(3)9-11-14/h4-5,8-11,13H,1-2,6-7H2,3H3. The summed E-state index contributed by atoms with van der Waals surface area (Å²) in [6, 6.07) is 6.57. The zero-order chi connectivity index (χ0) is 13.6. The van der Waals surface area contributed by atoms with Crippen LogP contribution in [0.25, 0.3) is 0 Å². The lowest BCUT2D eigenvalue weighted by Crippen LogP contribution is -2.17. The molecule has 0 unspecified atom stereocenters. The topological polar surface area (TPSA) is 43.4 Å². The zero-order valence-corrected chi connectivity index (χ0v) is 11.3. The molecule has 98 valence electrons. The molecule has 0 N–H and O–H groups in total. The SMILES string of the molecule is C=CCC(CC=C)OS(=O)(=O)c1ccc(C)cc1. The molecule has 4 heteroatoms. The van der Waals surface area contributed by atoms with E-state index in [1.54, 1.807) is 36.4 Å². The summed E-state index contributed by atoms with van der Waals surface area (Å²) < 4.78 is 29.2. The molecular formula is C14H18O3S. The van der Waals surface area contributed by atoms with E-state index in [1.165, 1.54) is 0 Å². The zero-order valence-electron chi connectivity index (χ0n) is 10.5. The van der Waals surface area contributed by atoms with Crippen LogP contribution in [0.5, 0.6) is 0 Å². The number of hydrogen-bond acceptors (Lipinski definition) is 3. The van der Waals surface area contributed by atoms with Crippen molar-refractivity contribution in [3.05, 3.63) is 55.1 Å². The van der Waals surface area contributed by atoms with Crippen LogP contribution < -0.4 is 0 Å². The first-order valence-corrected chi connectivity index (χ1v) is 7.12. The van der Waals surface area contributed by atoms with Gasteiger partial charge in [-0.05, 0) is 31.9 Å². The summed E-state index contributed by atoms with van der Waals surface area (Å²) >= 11 is 0.